The lowest BCUT2D eigenvalue weighted by Crippen LogP contribution is -2.21. The Morgan fingerprint density at radius 2 is 1.83 bits per heavy atom. The molecule has 0 atom stereocenters. The van der Waals surface area contributed by atoms with Gasteiger partial charge in [-0.25, -0.2) is 0 Å². The topological polar surface area (TPSA) is 55.8 Å². The third kappa shape index (κ3) is 1.64. The lowest BCUT2D eigenvalue weighted by atomic mass is 9.91. The van der Waals surface area contributed by atoms with Crippen molar-refractivity contribution in [3.05, 3.63) is 22.8 Å². The van der Waals surface area contributed by atoms with Gasteiger partial charge >= 0.3 is 5.97 Å². The van der Waals surface area contributed by atoms with Gasteiger partial charge in [0, 0.05) is 5.56 Å². The summed E-state index contributed by atoms with van der Waals surface area (Å²) in [5, 5.41) is 9.40. The predicted molar refractivity (Wildman–Crippen MR) is 67.6 cm³/mol. The largest absolute Gasteiger partial charge is 0.496 e. The fourth-order valence-electron chi connectivity index (χ4n) is 2.42. The Balaban J connectivity index is 2.67. The van der Waals surface area contributed by atoms with Crippen LogP contribution in [0, 0.1) is 13.8 Å². The molecule has 0 bridgehead atoms. The third-order valence-corrected chi connectivity index (χ3v) is 3.89. The lowest BCUT2D eigenvalue weighted by molar-refractivity contribution is -0.140. The van der Waals surface area contributed by atoms with Crippen LogP contribution in [-0.4, -0.2) is 25.3 Å². The van der Waals surface area contributed by atoms with E-state index in [1.807, 2.05) is 19.9 Å². The molecule has 0 spiro atoms. The van der Waals surface area contributed by atoms with E-state index in [4.69, 9.17) is 9.47 Å². The Hall–Kier alpha value is -1.71. The van der Waals surface area contributed by atoms with Crippen molar-refractivity contribution < 1.29 is 19.4 Å². The Labute approximate surface area is 107 Å². The number of carbonyl (C=O) groups is 1. The van der Waals surface area contributed by atoms with Crippen molar-refractivity contribution in [2.24, 2.45) is 0 Å². The Morgan fingerprint density at radius 1 is 1.22 bits per heavy atom. The van der Waals surface area contributed by atoms with Crippen molar-refractivity contribution in [3.8, 4) is 11.5 Å². The molecule has 1 N–H and O–H groups in total. The van der Waals surface area contributed by atoms with Crippen LogP contribution in [0.5, 0.6) is 11.5 Å². The van der Waals surface area contributed by atoms with Crippen LogP contribution >= 0.6 is 0 Å². The number of methoxy groups -OCH3 is 2. The van der Waals surface area contributed by atoms with Crippen LogP contribution < -0.4 is 9.47 Å². The zero-order chi connectivity index (χ0) is 13.5. The van der Waals surface area contributed by atoms with Gasteiger partial charge in [0.05, 0.1) is 19.6 Å². The second kappa shape index (κ2) is 4.19. The van der Waals surface area contributed by atoms with Crippen LogP contribution in [0.15, 0.2) is 6.07 Å². The average molecular weight is 250 g/mol. The molecule has 0 aliphatic heterocycles. The van der Waals surface area contributed by atoms with Crippen molar-refractivity contribution in [3.63, 3.8) is 0 Å². The highest BCUT2D eigenvalue weighted by atomic mass is 16.5. The number of hydrogen-bond acceptors (Lipinski definition) is 3. The molecule has 1 aliphatic carbocycles. The molecule has 1 aliphatic rings. The summed E-state index contributed by atoms with van der Waals surface area (Å²) in [6, 6.07) is 1.81. The van der Waals surface area contributed by atoms with E-state index in [1.165, 1.54) is 0 Å². The van der Waals surface area contributed by atoms with Crippen LogP contribution in [-0.2, 0) is 10.2 Å². The van der Waals surface area contributed by atoms with E-state index in [9.17, 15) is 9.90 Å². The second-order valence-electron chi connectivity index (χ2n) is 4.80. The first-order chi connectivity index (χ1) is 8.47. The Kier molecular flexibility index (Phi) is 2.97. The van der Waals surface area contributed by atoms with Crippen molar-refractivity contribution in [1.29, 1.82) is 0 Å². The molecule has 0 unspecified atom stereocenters. The molecule has 0 radical (unpaired) electrons. The molecular formula is C14H18O4. The number of ether oxygens (including phenoxy) is 2. The van der Waals surface area contributed by atoms with Crippen LogP contribution in [0.25, 0.3) is 0 Å². The fourth-order valence-corrected chi connectivity index (χ4v) is 2.42. The minimum atomic E-state index is -0.786. The van der Waals surface area contributed by atoms with Crippen LogP contribution in [0.1, 0.15) is 29.5 Å². The van der Waals surface area contributed by atoms with E-state index in [-0.39, 0.29) is 0 Å². The van der Waals surface area contributed by atoms with Crippen LogP contribution in [0.4, 0.5) is 0 Å². The molecule has 18 heavy (non-hydrogen) atoms. The molecule has 1 saturated carbocycles. The van der Waals surface area contributed by atoms with Gasteiger partial charge < -0.3 is 14.6 Å². The van der Waals surface area contributed by atoms with Crippen molar-refractivity contribution in [2.45, 2.75) is 32.1 Å². The van der Waals surface area contributed by atoms with Gasteiger partial charge in [0.15, 0.2) is 0 Å². The van der Waals surface area contributed by atoms with Gasteiger partial charge in [-0.2, -0.15) is 0 Å². The normalized spacial score (nSPS) is 16.2. The zero-order valence-electron chi connectivity index (χ0n) is 11.2. The monoisotopic (exact) mass is 250 g/mol. The molecular weight excluding hydrogens is 232 g/mol. The SMILES string of the molecule is COc1cc(C2(C(=O)O)CC2)c(OC)c(C)c1C. The van der Waals surface area contributed by atoms with Gasteiger partial charge in [0.1, 0.15) is 11.5 Å². The maximum absolute atomic E-state index is 11.5. The Bertz CT molecular complexity index is 501. The Morgan fingerprint density at radius 3 is 2.22 bits per heavy atom. The van der Waals surface area contributed by atoms with E-state index < -0.39 is 11.4 Å². The minimum Gasteiger partial charge on any atom is -0.496 e. The number of rotatable bonds is 4. The lowest BCUT2D eigenvalue weighted by Gasteiger charge is -2.20. The first kappa shape index (κ1) is 12.7. The maximum Gasteiger partial charge on any atom is 0.314 e. The number of carboxylic acid groups (broad SMARTS) is 1. The van der Waals surface area contributed by atoms with Gasteiger partial charge in [0.2, 0.25) is 0 Å². The number of benzene rings is 1. The van der Waals surface area contributed by atoms with Crippen molar-refractivity contribution in [2.75, 3.05) is 14.2 Å². The van der Waals surface area contributed by atoms with Gasteiger partial charge in [-0.15, -0.1) is 0 Å². The highest BCUT2D eigenvalue weighted by Gasteiger charge is 2.54. The molecule has 1 aromatic carbocycles. The van der Waals surface area contributed by atoms with Crippen LogP contribution in [0.2, 0.25) is 0 Å². The van der Waals surface area contributed by atoms with Crippen molar-refractivity contribution in [1.82, 2.24) is 0 Å². The molecule has 98 valence electrons. The van der Waals surface area contributed by atoms with E-state index in [0.717, 1.165) is 22.4 Å². The summed E-state index contributed by atoms with van der Waals surface area (Å²) in [6.07, 6.45) is 1.31. The smallest absolute Gasteiger partial charge is 0.314 e. The van der Waals surface area contributed by atoms with E-state index in [1.54, 1.807) is 14.2 Å². The third-order valence-electron chi connectivity index (χ3n) is 3.89. The summed E-state index contributed by atoms with van der Waals surface area (Å²) in [6.45, 7) is 3.87. The predicted octanol–water partition coefficient (Wildman–Crippen LogP) is 2.44. The molecule has 2 rings (SSSR count). The molecule has 1 fully saturated rings. The molecule has 0 saturated heterocycles. The maximum atomic E-state index is 11.5. The summed E-state index contributed by atoms with van der Waals surface area (Å²) in [5.41, 5.74) is 1.88. The number of hydrogen-bond donors (Lipinski definition) is 1. The van der Waals surface area contributed by atoms with Gasteiger partial charge in [-0.05, 0) is 43.9 Å². The van der Waals surface area contributed by atoms with E-state index in [2.05, 4.69) is 0 Å². The highest BCUT2D eigenvalue weighted by Crippen LogP contribution is 2.53. The first-order valence-electron chi connectivity index (χ1n) is 5.94. The molecule has 0 amide bonds. The summed E-state index contributed by atoms with van der Waals surface area (Å²) in [7, 11) is 3.17. The fraction of sp³-hybridized carbons (Fsp3) is 0.500. The number of carboxylic acids is 1. The van der Waals surface area contributed by atoms with Gasteiger partial charge in [-0.1, -0.05) is 0 Å². The molecule has 4 heteroatoms. The van der Waals surface area contributed by atoms with Gasteiger partial charge in [-0.3, -0.25) is 4.79 Å². The van der Waals surface area contributed by atoms with Gasteiger partial charge in [0.25, 0.3) is 0 Å². The van der Waals surface area contributed by atoms with E-state index >= 15 is 0 Å². The quantitative estimate of drug-likeness (QED) is 0.891. The van der Waals surface area contributed by atoms with Crippen molar-refractivity contribution >= 4 is 5.97 Å². The highest BCUT2D eigenvalue weighted by molar-refractivity contribution is 5.86. The molecule has 0 heterocycles. The molecule has 1 aromatic rings. The van der Waals surface area contributed by atoms with Crippen LogP contribution in [0.3, 0.4) is 0 Å². The number of aliphatic carboxylic acids is 1. The molecule has 4 nitrogen and oxygen atoms in total. The summed E-state index contributed by atoms with van der Waals surface area (Å²) in [5.74, 6) is 0.607. The summed E-state index contributed by atoms with van der Waals surface area (Å²) < 4.78 is 10.7. The second-order valence-corrected chi connectivity index (χ2v) is 4.80. The first-order valence-corrected chi connectivity index (χ1v) is 5.94. The summed E-state index contributed by atoms with van der Waals surface area (Å²) in [4.78, 5) is 11.5. The summed E-state index contributed by atoms with van der Waals surface area (Å²) >= 11 is 0. The molecule has 0 aromatic heterocycles. The standard InChI is InChI=1S/C14H18O4/c1-8-9(2)12(18-4)10(7-11(8)17-3)14(5-6-14)13(15)16/h7H,5-6H2,1-4H3,(H,15,16). The van der Waals surface area contributed by atoms with E-state index in [0.29, 0.717) is 18.6 Å². The minimum absolute atomic E-state index is 0.657. The average Bonchev–Trinajstić information content (AvgIpc) is 3.13. The zero-order valence-corrected chi connectivity index (χ0v) is 11.2.